The predicted molar refractivity (Wildman–Crippen MR) is 130 cm³/mol. The fourth-order valence-electron chi connectivity index (χ4n) is 4.94. The maximum Gasteiger partial charge on any atom is 0.407 e. The van der Waals surface area contributed by atoms with Crippen LogP contribution in [0.1, 0.15) is 43.7 Å². The number of likely N-dealkylation sites (N-methyl/N-ethyl adjacent to an activating group) is 1. The molecule has 2 N–H and O–H groups in total. The van der Waals surface area contributed by atoms with Gasteiger partial charge < -0.3 is 24.8 Å². The molecule has 2 unspecified atom stereocenters. The van der Waals surface area contributed by atoms with Crippen LogP contribution in [0.4, 0.5) is 4.79 Å². The summed E-state index contributed by atoms with van der Waals surface area (Å²) in [6, 6.07) is 15.7. The van der Waals surface area contributed by atoms with E-state index in [9.17, 15) is 19.5 Å². The van der Waals surface area contributed by atoms with Crippen molar-refractivity contribution in [3.05, 3.63) is 59.7 Å². The third-order valence-corrected chi connectivity index (χ3v) is 7.26. The van der Waals surface area contributed by atoms with Crippen molar-refractivity contribution in [3.8, 4) is 11.1 Å². The van der Waals surface area contributed by atoms with Gasteiger partial charge in [-0.15, -0.1) is 0 Å². The fourth-order valence-corrected chi connectivity index (χ4v) is 4.94. The number of alkyl carbamates (subject to hydrolysis) is 1. The number of carbonyl (C=O) groups is 3. The van der Waals surface area contributed by atoms with Crippen molar-refractivity contribution in [2.24, 2.45) is 5.92 Å². The van der Waals surface area contributed by atoms with Gasteiger partial charge in [-0.2, -0.15) is 0 Å². The van der Waals surface area contributed by atoms with E-state index < -0.39 is 23.6 Å². The first-order valence-electron chi connectivity index (χ1n) is 11.9. The molecule has 0 saturated carbocycles. The van der Waals surface area contributed by atoms with Crippen LogP contribution < -0.4 is 5.32 Å². The first-order valence-corrected chi connectivity index (χ1v) is 11.9. The van der Waals surface area contributed by atoms with Crippen LogP contribution in [0.2, 0.25) is 0 Å². The molecule has 35 heavy (non-hydrogen) atoms. The molecule has 2 atom stereocenters. The van der Waals surface area contributed by atoms with Gasteiger partial charge in [-0.25, -0.2) is 9.59 Å². The number of fused-ring (bicyclic) bond motifs is 3. The van der Waals surface area contributed by atoms with Gasteiger partial charge in [-0.1, -0.05) is 62.4 Å². The fraction of sp³-hybridized carbons (Fsp3) is 0.444. The molecule has 1 fully saturated rings. The molecular formula is C27H32N2O6. The quantitative estimate of drug-likeness (QED) is 0.598. The van der Waals surface area contributed by atoms with E-state index >= 15 is 0 Å². The Labute approximate surface area is 205 Å². The molecule has 2 aliphatic rings. The van der Waals surface area contributed by atoms with Crippen LogP contribution >= 0.6 is 0 Å². The van der Waals surface area contributed by atoms with E-state index in [1.807, 2.05) is 38.1 Å². The van der Waals surface area contributed by atoms with E-state index in [4.69, 9.17) is 9.47 Å². The van der Waals surface area contributed by atoms with E-state index in [0.717, 1.165) is 22.3 Å². The molecule has 0 aromatic heterocycles. The minimum atomic E-state index is -1.37. The van der Waals surface area contributed by atoms with Crippen LogP contribution in [0.5, 0.6) is 0 Å². The Balaban J connectivity index is 1.39. The van der Waals surface area contributed by atoms with Gasteiger partial charge >= 0.3 is 12.1 Å². The Morgan fingerprint density at radius 1 is 1.11 bits per heavy atom. The third kappa shape index (κ3) is 4.75. The summed E-state index contributed by atoms with van der Waals surface area (Å²) in [7, 11) is 1.48. The number of hydrogen-bond acceptors (Lipinski definition) is 5. The number of carboxylic acids is 1. The molecule has 2 aromatic rings. The number of nitrogens with one attached hydrogen (secondary N) is 1. The lowest BCUT2D eigenvalue weighted by Crippen LogP contribution is -2.57. The number of rotatable bonds is 8. The van der Waals surface area contributed by atoms with E-state index in [1.165, 1.54) is 11.9 Å². The number of aliphatic carboxylic acids is 1. The summed E-state index contributed by atoms with van der Waals surface area (Å²) in [5.41, 5.74) is 3.17. The standard InChI is InChI=1S/C27H32N2O6/c1-17(2)23(14-24(30)29(3)27(25(31)32)12-13-34-16-27)28-26(33)35-15-22-20-10-6-4-8-18(20)19-9-5-7-11-21(19)22/h4-11,17,22-23H,12-16H2,1-3H3,(H,28,33)(H,31,32). The Bertz CT molecular complexity index is 1060. The zero-order valence-corrected chi connectivity index (χ0v) is 20.3. The Hall–Kier alpha value is -3.39. The van der Waals surface area contributed by atoms with Gasteiger partial charge in [0.25, 0.3) is 0 Å². The molecule has 0 spiro atoms. The third-order valence-electron chi connectivity index (χ3n) is 7.26. The van der Waals surface area contributed by atoms with Crippen LogP contribution in [-0.4, -0.2) is 66.4 Å². The van der Waals surface area contributed by atoms with Gasteiger partial charge in [0, 0.05) is 38.5 Å². The molecule has 1 heterocycles. The van der Waals surface area contributed by atoms with Crippen molar-refractivity contribution in [1.29, 1.82) is 0 Å². The molecule has 8 heteroatoms. The number of ether oxygens (including phenoxy) is 2. The SMILES string of the molecule is CC(C)C(CC(=O)N(C)C1(C(=O)O)CCOC1)NC(=O)OCC1c2ccccc2-c2ccccc21. The molecule has 0 bridgehead atoms. The Kier molecular flexibility index (Phi) is 7.12. The number of carbonyl (C=O) groups excluding carboxylic acids is 2. The Morgan fingerprint density at radius 2 is 1.71 bits per heavy atom. The summed E-state index contributed by atoms with van der Waals surface area (Å²) in [6.45, 7) is 4.21. The highest BCUT2D eigenvalue weighted by Gasteiger charge is 2.48. The van der Waals surface area contributed by atoms with E-state index in [1.54, 1.807) is 0 Å². The van der Waals surface area contributed by atoms with Crippen molar-refractivity contribution in [1.82, 2.24) is 10.2 Å². The van der Waals surface area contributed by atoms with Gasteiger partial charge in [0.15, 0.2) is 5.54 Å². The van der Waals surface area contributed by atoms with Crippen LogP contribution in [-0.2, 0) is 19.1 Å². The molecular weight excluding hydrogens is 448 g/mol. The minimum Gasteiger partial charge on any atom is -0.479 e. The van der Waals surface area contributed by atoms with Crippen LogP contribution in [0.15, 0.2) is 48.5 Å². The van der Waals surface area contributed by atoms with E-state index in [-0.39, 0.29) is 50.4 Å². The maximum atomic E-state index is 13.0. The molecule has 4 rings (SSSR count). The van der Waals surface area contributed by atoms with Gasteiger partial charge in [0.1, 0.15) is 6.61 Å². The van der Waals surface area contributed by atoms with E-state index in [2.05, 4.69) is 29.6 Å². The second kappa shape index (κ2) is 10.1. The lowest BCUT2D eigenvalue weighted by atomic mass is 9.94. The van der Waals surface area contributed by atoms with Gasteiger partial charge in [0.2, 0.25) is 5.91 Å². The number of amides is 2. The normalized spacial score (nSPS) is 19.7. The molecule has 1 saturated heterocycles. The lowest BCUT2D eigenvalue weighted by Gasteiger charge is -2.35. The lowest BCUT2D eigenvalue weighted by molar-refractivity contribution is -0.158. The second-order valence-corrected chi connectivity index (χ2v) is 9.62. The molecule has 0 radical (unpaired) electrons. The molecule has 8 nitrogen and oxygen atoms in total. The largest absolute Gasteiger partial charge is 0.479 e. The van der Waals surface area contributed by atoms with Crippen molar-refractivity contribution in [3.63, 3.8) is 0 Å². The molecule has 1 aliphatic carbocycles. The summed E-state index contributed by atoms with van der Waals surface area (Å²) in [4.78, 5) is 38.9. The zero-order chi connectivity index (χ0) is 25.2. The smallest absolute Gasteiger partial charge is 0.407 e. The average molecular weight is 481 g/mol. The highest BCUT2D eigenvalue weighted by Crippen LogP contribution is 2.44. The van der Waals surface area contributed by atoms with Crippen molar-refractivity contribution in [2.45, 2.75) is 44.2 Å². The van der Waals surface area contributed by atoms with Gasteiger partial charge in [-0.05, 0) is 28.2 Å². The number of hydrogen-bond donors (Lipinski definition) is 2. The number of benzene rings is 2. The second-order valence-electron chi connectivity index (χ2n) is 9.62. The zero-order valence-electron chi connectivity index (χ0n) is 20.3. The van der Waals surface area contributed by atoms with Crippen molar-refractivity contribution in [2.75, 3.05) is 26.9 Å². The average Bonchev–Trinajstić information content (AvgIpc) is 3.46. The minimum absolute atomic E-state index is 0.0343. The summed E-state index contributed by atoms with van der Waals surface area (Å²) in [5.74, 6) is -1.57. The van der Waals surface area contributed by atoms with Crippen LogP contribution in [0.25, 0.3) is 11.1 Å². The summed E-state index contributed by atoms with van der Waals surface area (Å²) in [5, 5.41) is 12.5. The molecule has 1 aliphatic heterocycles. The van der Waals surface area contributed by atoms with Gasteiger partial charge in [-0.3, -0.25) is 4.79 Å². The molecule has 2 amide bonds. The monoisotopic (exact) mass is 480 g/mol. The van der Waals surface area contributed by atoms with E-state index in [0.29, 0.717) is 0 Å². The molecule has 186 valence electrons. The number of nitrogens with zero attached hydrogens (tertiary/aromatic N) is 1. The first-order chi connectivity index (χ1) is 16.7. The molecule has 2 aromatic carbocycles. The summed E-state index contributed by atoms with van der Waals surface area (Å²) in [6.07, 6.45) is -0.400. The maximum absolute atomic E-state index is 13.0. The van der Waals surface area contributed by atoms with Crippen molar-refractivity contribution >= 4 is 18.0 Å². The summed E-state index contributed by atoms with van der Waals surface area (Å²) >= 11 is 0. The highest BCUT2D eigenvalue weighted by molar-refractivity contribution is 5.88. The van der Waals surface area contributed by atoms with Gasteiger partial charge in [0.05, 0.1) is 6.61 Å². The summed E-state index contributed by atoms with van der Waals surface area (Å²) < 4.78 is 10.9. The number of carboxylic acid groups (broad SMARTS) is 1. The Morgan fingerprint density at radius 3 is 2.23 bits per heavy atom. The highest BCUT2D eigenvalue weighted by atomic mass is 16.5. The van der Waals surface area contributed by atoms with Crippen molar-refractivity contribution < 1.29 is 29.0 Å². The predicted octanol–water partition coefficient (Wildman–Crippen LogP) is 3.64. The van der Waals surface area contributed by atoms with Crippen LogP contribution in [0, 0.1) is 5.92 Å². The van der Waals surface area contributed by atoms with Crippen LogP contribution in [0.3, 0.4) is 0 Å². The topological polar surface area (TPSA) is 105 Å². The first kappa shape index (κ1) is 24.7.